The van der Waals surface area contributed by atoms with Gasteiger partial charge >= 0.3 is 0 Å². The molecule has 2 saturated heterocycles. The summed E-state index contributed by atoms with van der Waals surface area (Å²) in [6.07, 6.45) is -5.01. The standard InChI is InChI=1S/C67H106N14O34P6/c1-64(2,44(82)20-28-70-46(84)22-30-72-60(90)54(88)65(3,4)34-108-120(102,103)114-118(98,99)106-32-42-52(112-116(92,93)94)50(86)62(110-42)80-38-78-48-56(68)74-36-76-58(48)80)24-14-8-7-10-16-40-18-12-13-19-41(40)17-11-9-15-25-67(26-27-67)45(83)21-29-71-47(85)23-31-73-61(91)55(89)66(5,6)35-109-121(104,105)115-119(100,101)107-33-43-53(113-117(95,96)97)51(87)63(111-43)81-39-79-49-57(69)75-37-77-59(49)81/h12-13,18-19,36-39,42-43,50-55,62-63,86-89H,7-11,14-17,20-35H2,1-6H3,(H,70,84)(H,71,85)(H,72,90)(H,73,91)(H,98,99)(H,100,101)(H,102,103)(H,104,105)(H2,68,74,76)(H2,69,75,77)(H2,92,93,94)(H2,95,96,97)/p-8. The fourth-order valence-electron chi connectivity index (χ4n) is 13.3. The minimum absolute atomic E-state index is 0.00986. The van der Waals surface area contributed by atoms with Crippen LogP contribution in [0.2, 0.25) is 0 Å². The molecule has 48 nitrogen and oxygen atoms in total. The Bertz CT molecular complexity index is 4740. The molecule has 8 rings (SSSR count). The zero-order chi connectivity index (χ0) is 89.5. The second-order valence-corrected chi connectivity index (χ2v) is 39.3. The lowest BCUT2D eigenvalue weighted by molar-refractivity contribution is -0.348. The first-order valence-electron chi connectivity index (χ1n) is 38.1. The molecule has 121 heavy (non-hydrogen) atoms. The normalized spacial score (nSPS) is 22.1. The summed E-state index contributed by atoms with van der Waals surface area (Å²) in [4.78, 5) is 198. The first kappa shape index (κ1) is 100. The molecule has 4 aromatic heterocycles. The molecule has 2 aliphatic heterocycles. The van der Waals surface area contributed by atoms with Crippen LogP contribution in [0, 0.1) is 21.7 Å². The van der Waals surface area contributed by atoms with Crippen LogP contribution in [-0.4, -0.2) is 196 Å². The number of aryl methyl sites for hydroxylation is 2. The number of aliphatic hydroxyl groups is 4. The molecule has 0 bridgehead atoms. The van der Waals surface area contributed by atoms with Crippen LogP contribution in [0.4, 0.5) is 11.6 Å². The number of fused-ring (bicyclic) bond motifs is 2. The Morgan fingerprint density at radius 3 is 1.34 bits per heavy atom. The van der Waals surface area contributed by atoms with Crippen molar-refractivity contribution in [3.05, 3.63) is 60.7 Å². The number of phosphoric ester groups is 6. The van der Waals surface area contributed by atoms with E-state index in [9.17, 15) is 116 Å². The van der Waals surface area contributed by atoms with Gasteiger partial charge in [-0.1, -0.05) is 97.9 Å². The maximum absolute atomic E-state index is 13.4. The lowest BCUT2D eigenvalue weighted by atomic mass is 9.81. The van der Waals surface area contributed by atoms with Crippen molar-refractivity contribution in [1.82, 2.24) is 60.3 Å². The Hall–Kier alpha value is -6.36. The largest absolute Gasteiger partial charge is 0.790 e. The number of aromatic nitrogens is 8. The Kier molecular flexibility index (Phi) is 35.0. The van der Waals surface area contributed by atoms with Crippen molar-refractivity contribution >= 4 is 116 Å². The number of nitrogens with one attached hydrogen (secondary N) is 4. The van der Waals surface area contributed by atoms with Crippen molar-refractivity contribution in [2.75, 3.05) is 64.1 Å². The van der Waals surface area contributed by atoms with Crippen molar-refractivity contribution in [2.45, 2.75) is 212 Å². The topological polar surface area (TPSA) is 750 Å². The van der Waals surface area contributed by atoms with Crippen molar-refractivity contribution in [2.24, 2.45) is 21.7 Å². The maximum atomic E-state index is 13.4. The number of nitrogens with zero attached hydrogens (tertiary/aromatic N) is 8. The number of nitrogens with two attached hydrogens (primary N) is 2. The molecule has 54 heteroatoms. The summed E-state index contributed by atoms with van der Waals surface area (Å²) in [7, 11) is -35.6. The van der Waals surface area contributed by atoms with Crippen LogP contribution in [0.15, 0.2) is 49.6 Å². The molecular formula is C67H98N14O34P6-8. The van der Waals surface area contributed by atoms with Gasteiger partial charge in [-0.15, -0.1) is 0 Å². The van der Waals surface area contributed by atoms with Gasteiger partial charge in [-0.3, -0.25) is 56.2 Å². The first-order valence-corrected chi connectivity index (χ1v) is 46.9. The van der Waals surface area contributed by atoms with E-state index in [0.717, 1.165) is 105 Å². The lowest BCUT2D eigenvalue weighted by Gasteiger charge is -2.36. The first-order chi connectivity index (χ1) is 56.3. The predicted octanol–water partition coefficient (Wildman–Crippen LogP) is -2.21. The Labute approximate surface area is 692 Å². The molecule has 1 saturated carbocycles. The lowest BCUT2D eigenvalue weighted by Crippen LogP contribution is -2.46. The van der Waals surface area contributed by atoms with E-state index in [4.69, 9.17) is 20.9 Å². The number of benzene rings is 1. The third-order valence-corrected chi connectivity index (χ3v) is 26.4. The summed E-state index contributed by atoms with van der Waals surface area (Å²) in [5.41, 5.74) is 9.35. The average molecular weight is 1830 g/mol. The molecule has 1 aliphatic carbocycles. The predicted molar refractivity (Wildman–Crippen MR) is 402 cm³/mol. The number of phosphoric acid groups is 6. The number of hydrogen-bond acceptors (Lipinski definition) is 42. The second kappa shape index (κ2) is 42.3. The van der Waals surface area contributed by atoms with Gasteiger partial charge in [0.2, 0.25) is 23.6 Å². The summed E-state index contributed by atoms with van der Waals surface area (Å²) < 4.78 is 123. The zero-order valence-electron chi connectivity index (χ0n) is 66.5. The summed E-state index contributed by atoms with van der Waals surface area (Å²) in [6.45, 7) is 3.15. The fraction of sp³-hybridized carbons (Fsp3) is 0.672. The van der Waals surface area contributed by atoms with E-state index >= 15 is 0 Å². The van der Waals surface area contributed by atoms with Crippen LogP contribution in [-0.2, 0) is 114 Å². The summed E-state index contributed by atoms with van der Waals surface area (Å²) in [5.74, 6) is -3.41. The van der Waals surface area contributed by atoms with Crippen LogP contribution in [0.3, 0.4) is 0 Å². The Balaban J connectivity index is 0.630. The van der Waals surface area contributed by atoms with Crippen LogP contribution in [0.5, 0.6) is 0 Å². The van der Waals surface area contributed by atoms with Gasteiger partial charge in [-0.2, -0.15) is 0 Å². The molecule has 14 unspecified atom stereocenters. The van der Waals surface area contributed by atoms with Crippen LogP contribution >= 0.6 is 46.9 Å². The molecule has 0 radical (unpaired) electrons. The van der Waals surface area contributed by atoms with Gasteiger partial charge in [-0.25, -0.2) is 38.5 Å². The minimum Gasteiger partial charge on any atom is -0.790 e. The number of hydrogen-bond donors (Lipinski definition) is 10. The van der Waals surface area contributed by atoms with Gasteiger partial charge in [-0.05, 0) is 62.5 Å². The summed E-state index contributed by atoms with van der Waals surface area (Å²) >= 11 is 0. The van der Waals surface area contributed by atoms with E-state index in [1.807, 2.05) is 26.0 Å². The van der Waals surface area contributed by atoms with Crippen LogP contribution in [0.1, 0.15) is 161 Å². The molecule has 14 atom stereocenters. The van der Waals surface area contributed by atoms with Crippen LogP contribution < -0.4 is 71.9 Å². The Morgan fingerprint density at radius 2 is 0.926 bits per heavy atom. The smallest absolute Gasteiger partial charge is 0.274 e. The van der Waals surface area contributed by atoms with Gasteiger partial charge in [0.1, 0.15) is 84.1 Å². The number of nitrogen functional groups attached to an aromatic ring is 2. The van der Waals surface area contributed by atoms with Gasteiger partial charge in [0.05, 0.1) is 54.7 Å². The maximum Gasteiger partial charge on any atom is 0.274 e. The number of amides is 4. The number of anilines is 2. The van der Waals surface area contributed by atoms with Crippen molar-refractivity contribution in [3.63, 3.8) is 0 Å². The molecule has 12 N–H and O–H groups in total. The van der Waals surface area contributed by atoms with E-state index < -0.39 is 180 Å². The number of ether oxygens (including phenoxy) is 2. The summed E-state index contributed by atoms with van der Waals surface area (Å²) in [5, 5.41) is 53.3. The highest BCUT2D eigenvalue weighted by Gasteiger charge is 2.51. The SMILES string of the molecule is CC(C)(CCCCCCc1ccccc1CCCCCC1(C(=O)CCNC(=O)CCNC(=O)C(O)C(C)(C)COP(=O)([O-])OP(=O)([O-])OCC2OC(n3cnc4c(N)ncnc43)C(O)C2OP(=O)([O-])[O-])CC1)C(=O)CCNC(=O)CCNC(=O)C(O)C(C)(C)COP(=O)([O-])OP(=O)([O-])OCC1OC(n2cnc3c(N)ncnc32)C(O)C1OP(=O)([O-])[O-]. The number of carbonyl (C=O) groups is 6. The van der Waals surface area contributed by atoms with Gasteiger partial charge < -0.3 is 138 Å². The molecule has 3 fully saturated rings. The van der Waals surface area contributed by atoms with Gasteiger partial charge in [0, 0.05) is 73.5 Å². The highest BCUT2D eigenvalue weighted by molar-refractivity contribution is 7.60. The van der Waals surface area contributed by atoms with E-state index in [-0.39, 0.29) is 97.4 Å². The highest BCUT2D eigenvalue weighted by atomic mass is 31.3. The monoisotopic (exact) mass is 1830 g/mol. The van der Waals surface area contributed by atoms with Crippen molar-refractivity contribution < 1.29 is 161 Å². The third-order valence-electron chi connectivity index (χ3n) is 20.4. The summed E-state index contributed by atoms with van der Waals surface area (Å²) in [6, 6.07) is 8.24. The zero-order valence-corrected chi connectivity index (χ0v) is 71.9. The molecule has 1 aromatic carbocycles. The van der Waals surface area contributed by atoms with Gasteiger partial charge in [0.25, 0.3) is 31.3 Å². The number of rotatable bonds is 53. The fourth-order valence-corrected chi connectivity index (χ4v) is 18.7. The molecule has 5 aromatic rings. The molecule has 6 heterocycles. The van der Waals surface area contributed by atoms with Crippen molar-refractivity contribution in [3.8, 4) is 0 Å². The van der Waals surface area contributed by atoms with E-state index in [0.29, 0.717) is 12.8 Å². The number of aliphatic hydroxyl groups excluding tert-OH is 4. The van der Waals surface area contributed by atoms with E-state index in [2.05, 4.69) is 99.1 Å². The molecular weight excluding hydrogens is 1730 g/mol. The van der Waals surface area contributed by atoms with E-state index in [1.165, 1.54) is 38.8 Å². The van der Waals surface area contributed by atoms with Crippen molar-refractivity contribution in [1.29, 1.82) is 0 Å². The minimum atomic E-state index is -5.99. The van der Waals surface area contributed by atoms with Gasteiger partial charge in [0.15, 0.2) is 35.4 Å². The number of imidazole rings is 2. The number of Topliss-reactive ketones (excluding diaryl/α,β-unsaturated/α-hetero) is 2. The molecule has 3 aliphatic rings. The quantitative estimate of drug-likeness (QED) is 0.0146. The molecule has 678 valence electrons. The van der Waals surface area contributed by atoms with E-state index in [1.54, 1.807) is 0 Å². The number of carbonyl (C=O) groups excluding carboxylic acids is 6. The third kappa shape index (κ3) is 29.6. The number of unbranched alkanes of at least 4 members (excludes halogenated alkanes) is 5. The average Bonchev–Trinajstić information content (AvgIpc) is 1.62. The second-order valence-electron chi connectivity index (χ2n) is 31.2. The van der Waals surface area contributed by atoms with Crippen LogP contribution in [0.25, 0.3) is 22.3 Å². The molecule has 0 spiro atoms. The Morgan fingerprint density at radius 1 is 0.537 bits per heavy atom. The molecule has 4 amide bonds. The number of ketones is 2. The highest BCUT2D eigenvalue weighted by Crippen LogP contribution is 2.59.